The molecule has 0 bridgehead atoms. The largest absolute Gasteiger partial charge is 0.465 e. The van der Waals surface area contributed by atoms with E-state index in [2.05, 4.69) is 25.1 Å². The molecule has 0 aliphatic heterocycles. The fourth-order valence-electron chi connectivity index (χ4n) is 2.43. The van der Waals surface area contributed by atoms with Gasteiger partial charge >= 0.3 is 5.97 Å². The molecule has 2 aromatic carbocycles. The second kappa shape index (κ2) is 6.31. The first-order chi connectivity index (χ1) is 10.0. The Hall–Kier alpha value is -2.49. The molecule has 0 aliphatic carbocycles. The summed E-state index contributed by atoms with van der Waals surface area (Å²) in [5, 5.41) is 0. The molecule has 2 N–H and O–H groups in total. The summed E-state index contributed by atoms with van der Waals surface area (Å²) in [5.74, 6) is -0.381. The van der Waals surface area contributed by atoms with Crippen LogP contribution in [0.3, 0.4) is 0 Å². The molecule has 4 nitrogen and oxygen atoms in total. The van der Waals surface area contributed by atoms with Crippen LogP contribution in [0.25, 0.3) is 0 Å². The Morgan fingerprint density at radius 1 is 1.24 bits per heavy atom. The van der Waals surface area contributed by atoms with Crippen LogP contribution in [0.2, 0.25) is 0 Å². The molecule has 0 heterocycles. The fourth-order valence-corrected chi connectivity index (χ4v) is 2.43. The smallest absolute Gasteiger partial charge is 0.340 e. The van der Waals surface area contributed by atoms with E-state index in [-0.39, 0.29) is 5.97 Å². The van der Waals surface area contributed by atoms with Crippen LogP contribution >= 0.6 is 0 Å². The summed E-state index contributed by atoms with van der Waals surface area (Å²) in [4.78, 5) is 13.9. The first-order valence-corrected chi connectivity index (χ1v) is 6.76. The van der Waals surface area contributed by atoms with E-state index in [1.807, 2.05) is 18.0 Å². The van der Waals surface area contributed by atoms with Gasteiger partial charge in [0.25, 0.3) is 0 Å². The number of nitrogens with zero attached hydrogens (tertiary/aromatic N) is 1. The van der Waals surface area contributed by atoms with Crippen molar-refractivity contribution in [3.8, 4) is 0 Å². The third-order valence-corrected chi connectivity index (χ3v) is 3.36. The molecule has 0 aliphatic rings. The van der Waals surface area contributed by atoms with Crippen molar-refractivity contribution in [3.05, 3.63) is 59.2 Å². The molecule has 0 aromatic heterocycles. The third kappa shape index (κ3) is 3.34. The zero-order chi connectivity index (χ0) is 15.4. The molecule has 2 rings (SSSR count). The van der Waals surface area contributed by atoms with Gasteiger partial charge in [0.2, 0.25) is 0 Å². The second-order valence-electron chi connectivity index (χ2n) is 5.08. The first kappa shape index (κ1) is 14.9. The Labute approximate surface area is 125 Å². The van der Waals surface area contributed by atoms with Gasteiger partial charge in [-0.3, -0.25) is 0 Å². The molecule has 0 fully saturated rings. The minimum atomic E-state index is -0.381. The molecule has 110 valence electrons. The SMILES string of the molecule is COC(=O)c1cccc(N)c1N(C)Cc1cccc(C)c1. The molecule has 0 saturated carbocycles. The fraction of sp³-hybridized carbons (Fsp3) is 0.235. The quantitative estimate of drug-likeness (QED) is 0.692. The predicted molar refractivity (Wildman–Crippen MR) is 85.5 cm³/mol. The zero-order valence-electron chi connectivity index (χ0n) is 12.6. The number of nitrogen functional groups attached to an aromatic ring is 1. The van der Waals surface area contributed by atoms with Crippen molar-refractivity contribution in [2.24, 2.45) is 0 Å². The molecule has 2 aromatic rings. The van der Waals surface area contributed by atoms with Gasteiger partial charge in [-0.2, -0.15) is 0 Å². The van der Waals surface area contributed by atoms with Crippen molar-refractivity contribution < 1.29 is 9.53 Å². The van der Waals surface area contributed by atoms with Gasteiger partial charge in [0.15, 0.2) is 0 Å². The lowest BCUT2D eigenvalue weighted by atomic mass is 10.1. The predicted octanol–water partition coefficient (Wildman–Crippen LogP) is 3.00. The minimum absolute atomic E-state index is 0.381. The van der Waals surface area contributed by atoms with Crippen molar-refractivity contribution in [3.63, 3.8) is 0 Å². The Bertz CT molecular complexity index is 653. The Kier molecular flexibility index (Phi) is 4.48. The number of nitrogens with two attached hydrogens (primary N) is 1. The maximum atomic E-state index is 11.9. The number of hydrogen-bond donors (Lipinski definition) is 1. The van der Waals surface area contributed by atoms with Crippen LogP contribution in [0.1, 0.15) is 21.5 Å². The number of benzene rings is 2. The van der Waals surface area contributed by atoms with E-state index in [4.69, 9.17) is 10.5 Å². The normalized spacial score (nSPS) is 10.2. The van der Waals surface area contributed by atoms with Crippen molar-refractivity contribution in [1.29, 1.82) is 0 Å². The van der Waals surface area contributed by atoms with Crippen LogP contribution in [0.15, 0.2) is 42.5 Å². The average Bonchev–Trinajstić information content (AvgIpc) is 2.46. The van der Waals surface area contributed by atoms with E-state index >= 15 is 0 Å². The number of para-hydroxylation sites is 1. The summed E-state index contributed by atoms with van der Waals surface area (Å²) in [5.41, 5.74) is 10.2. The van der Waals surface area contributed by atoms with Crippen LogP contribution in [0, 0.1) is 6.92 Å². The van der Waals surface area contributed by atoms with Crippen LogP contribution in [-0.4, -0.2) is 20.1 Å². The number of methoxy groups -OCH3 is 1. The topological polar surface area (TPSA) is 55.6 Å². The van der Waals surface area contributed by atoms with Gasteiger partial charge in [-0.1, -0.05) is 35.9 Å². The molecule has 4 heteroatoms. The molecule has 0 spiro atoms. The highest BCUT2D eigenvalue weighted by Crippen LogP contribution is 2.28. The van der Waals surface area contributed by atoms with Crippen molar-refractivity contribution >= 4 is 17.3 Å². The van der Waals surface area contributed by atoms with Crippen LogP contribution in [0.5, 0.6) is 0 Å². The molecular formula is C17H20N2O2. The van der Waals surface area contributed by atoms with Crippen LogP contribution < -0.4 is 10.6 Å². The molecule has 0 radical (unpaired) electrons. The number of hydrogen-bond acceptors (Lipinski definition) is 4. The van der Waals surface area contributed by atoms with Gasteiger partial charge in [0.1, 0.15) is 0 Å². The maximum absolute atomic E-state index is 11.9. The highest BCUT2D eigenvalue weighted by Gasteiger charge is 2.17. The van der Waals surface area contributed by atoms with Gasteiger partial charge in [0.05, 0.1) is 24.0 Å². The minimum Gasteiger partial charge on any atom is -0.465 e. The summed E-state index contributed by atoms with van der Waals surface area (Å²) in [6.45, 7) is 2.72. The summed E-state index contributed by atoms with van der Waals surface area (Å²) >= 11 is 0. The van der Waals surface area contributed by atoms with E-state index in [1.54, 1.807) is 18.2 Å². The van der Waals surface area contributed by atoms with Gasteiger partial charge in [0, 0.05) is 13.6 Å². The molecule has 0 amide bonds. The van der Waals surface area contributed by atoms with Crippen LogP contribution in [0.4, 0.5) is 11.4 Å². The third-order valence-electron chi connectivity index (χ3n) is 3.36. The van der Waals surface area contributed by atoms with Gasteiger partial charge in [-0.25, -0.2) is 4.79 Å². The number of rotatable bonds is 4. The van der Waals surface area contributed by atoms with Gasteiger partial charge < -0.3 is 15.4 Å². The summed E-state index contributed by atoms with van der Waals surface area (Å²) in [7, 11) is 3.29. The number of ether oxygens (including phenoxy) is 1. The first-order valence-electron chi connectivity index (χ1n) is 6.76. The lowest BCUT2D eigenvalue weighted by molar-refractivity contribution is 0.0601. The monoisotopic (exact) mass is 284 g/mol. The highest BCUT2D eigenvalue weighted by molar-refractivity contribution is 5.99. The number of carbonyl (C=O) groups is 1. The maximum Gasteiger partial charge on any atom is 0.340 e. The van der Waals surface area contributed by atoms with E-state index in [9.17, 15) is 4.79 Å². The standard InChI is InChI=1S/C17H20N2O2/c1-12-6-4-7-13(10-12)11-19(2)16-14(17(20)21-3)8-5-9-15(16)18/h4-10H,11,18H2,1-3H3. The van der Waals surface area contributed by atoms with Crippen molar-refractivity contribution in [2.75, 3.05) is 24.8 Å². The van der Waals surface area contributed by atoms with Crippen molar-refractivity contribution in [2.45, 2.75) is 13.5 Å². The van der Waals surface area contributed by atoms with Crippen LogP contribution in [-0.2, 0) is 11.3 Å². The summed E-state index contributed by atoms with van der Waals surface area (Å²) in [6, 6.07) is 13.5. The zero-order valence-corrected chi connectivity index (χ0v) is 12.6. The van der Waals surface area contributed by atoms with E-state index in [0.717, 1.165) is 5.56 Å². The van der Waals surface area contributed by atoms with E-state index in [0.29, 0.717) is 23.5 Å². The highest BCUT2D eigenvalue weighted by atomic mass is 16.5. The van der Waals surface area contributed by atoms with E-state index in [1.165, 1.54) is 12.7 Å². The lowest BCUT2D eigenvalue weighted by Gasteiger charge is -2.23. The van der Waals surface area contributed by atoms with Gasteiger partial charge in [-0.15, -0.1) is 0 Å². The Morgan fingerprint density at radius 3 is 2.62 bits per heavy atom. The summed E-state index contributed by atoms with van der Waals surface area (Å²) < 4.78 is 4.83. The molecular weight excluding hydrogens is 264 g/mol. The Balaban J connectivity index is 2.34. The number of carbonyl (C=O) groups excluding carboxylic acids is 1. The van der Waals surface area contributed by atoms with E-state index < -0.39 is 0 Å². The molecule has 0 unspecified atom stereocenters. The average molecular weight is 284 g/mol. The van der Waals surface area contributed by atoms with Crippen molar-refractivity contribution in [1.82, 2.24) is 0 Å². The Morgan fingerprint density at radius 2 is 1.95 bits per heavy atom. The molecule has 0 atom stereocenters. The van der Waals surface area contributed by atoms with Gasteiger partial charge in [-0.05, 0) is 24.6 Å². The lowest BCUT2D eigenvalue weighted by Crippen LogP contribution is -2.21. The second-order valence-corrected chi connectivity index (χ2v) is 5.08. The molecule has 21 heavy (non-hydrogen) atoms. The molecule has 0 saturated heterocycles. The number of aryl methyl sites for hydroxylation is 1. The number of esters is 1. The summed E-state index contributed by atoms with van der Waals surface area (Å²) in [6.07, 6.45) is 0. The number of anilines is 2.